The van der Waals surface area contributed by atoms with Crippen molar-refractivity contribution in [2.45, 2.75) is 17.6 Å². The number of alkyl halides is 4. The molecule has 0 aliphatic heterocycles. The van der Waals surface area contributed by atoms with Crippen molar-refractivity contribution in [3.63, 3.8) is 0 Å². The van der Waals surface area contributed by atoms with Gasteiger partial charge in [-0.1, -0.05) is 36.4 Å². The highest BCUT2D eigenvalue weighted by molar-refractivity contribution is 7.86. The van der Waals surface area contributed by atoms with Gasteiger partial charge in [-0.2, -0.15) is 17.6 Å². The summed E-state index contributed by atoms with van der Waals surface area (Å²) in [5.41, 5.74) is 0.0321. The van der Waals surface area contributed by atoms with E-state index in [0.717, 1.165) is 0 Å². The lowest BCUT2D eigenvalue weighted by Gasteiger charge is -2.28. The van der Waals surface area contributed by atoms with Gasteiger partial charge in [-0.15, -0.1) is 0 Å². The summed E-state index contributed by atoms with van der Waals surface area (Å²) in [4.78, 5) is 12.0. The lowest BCUT2D eigenvalue weighted by Crippen LogP contribution is -2.47. The molecule has 0 unspecified atom stereocenters. The average Bonchev–Trinajstić information content (AvgIpc) is 2.52. The summed E-state index contributed by atoms with van der Waals surface area (Å²) in [6, 6.07) is 11.2. The molecule has 0 atom stereocenters. The zero-order chi connectivity index (χ0) is 18.9. The van der Waals surface area contributed by atoms with Gasteiger partial charge in [0.2, 0.25) is 0 Å². The van der Waals surface area contributed by atoms with Gasteiger partial charge in [-0.25, -0.2) is 13.2 Å². The fourth-order valence-electron chi connectivity index (χ4n) is 2.08. The van der Waals surface area contributed by atoms with Gasteiger partial charge in [0, 0.05) is 0 Å². The molecule has 5 nitrogen and oxygen atoms in total. The third kappa shape index (κ3) is 3.74. The molecule has 0 aliphatic rings. The highest BCUT2D eigenvalue weighted by Crippen LogP contribution is 2.40. The maximum atomic E-state index is 13.3. The molecule has 2 aromatic carbocycles. The zero-order valence-electron chi connectivity index (χ0n) is 12.4. The molecule has 0 amide bonds. The van der Waals surface area contributed by atoms with Crippen LogP contribution in [0.1, 0.15) is 16.8 Å². The van der Waals surface area contributed by atoms with E-state index in [0.29, 0.717) is 10.8 Å². The van der Waals surface area contributed by atoms with Crippen LogP contribution in [0.4, 0.5) is 17.6 Å². The second-order valence-corrected chi connectivity index (χ2v) is 6.51. The van der Waals surface area contributed by atoms with E-state index in [1.54, 1.807) is 30.3 Å². The largest absolute Gasteiger partial charge is 0.743 e. The van der Waals surface area contributed by atoms with Crippen LogP contribution in [0.3, 0.4) is 0 Å². The zero-order valence-corrected chi connectivity index (χ0v) is 13.2. The molecule has 0 bridgehead atoms. The normalized spacial score (nSPS) is 13.0. The Balaban J connectivity index is 2.10. The highest BCUT2D eigenvalue weighted by atomic mass is 32.2. The first-order valence-electron chi connectivity index (χ1n) is 6.83. The minimum Gasteiger partial charge on any atom is -0.743 e. The number of carbonyl (C=O) groups excluding carboxylic acids is 1. The van der Waals surface area contributed by atoms with E-state index < -0.39 is 40.3 Å². The number of halogens is 4. The number of fused-ring (bicyclic) bond motifs is 1. The monoisotopic (exact) mass is 379 g/mol. The minimum absolute atomic E-state index is 0.0321. The molecule has 2 aromatic rings. The van der Waals surface area contributed by atoms with Gasteiger partial charge in [0.15, 0.2) is 10.1 Å². The summed E-state index contributed by atoms with van der Waals surface area (Å²) in [7, 11) is -6.57. The fraction of sp³-hybridized carbons (Fsp3) is 0.267. The van der Waals surface area contributed by atoms with Crippen molar-refractivity contribution in [1.82, 2.24) is 0 Å². The number of rotatable bonds is 6. The molecule has 0 N–H and O–H groups in total. The smallest absolute Gasteiger partial charge is 0.396 e. The third-order valence-electron chi connectivity index (χ3n) is 3.40. The summed E-state index contributed by atoms with van der Waals surface area (Å²) in [6.45, 7) is -1.19. The quantitative estimate of drug-likeness (QED) is 0.437. The van der Waals surface area contributed by atoms with Crippen LogP contribution in [0, 0.1) is 0 Å². The molecule has 0 aromatic heterocycles. The predicted octanol–water partition coefficient (Wildman–Crippen LogP) is 3.16. The lowest BCUT2D eigenvalue weighted by atomic mass is 10.0. The molecule has 0 fully saturated rings. The first-order valence-corrected chi connectivity index (χ1v) is 8.24. The van der Waals surface area contributed by atoms with Crippen molar-refractivity contribution in [2.24, 2.45) is 0 Å². The topological polar surface area (TPSA) is 83.5 Å². The summed E-state index contributed by atoms with van der Waals surface area (Å²) in [6.07, 6.45) is -1.82. The summed E-state index contributed by atoms with van der Waals surface area (Å²) >= 11 is 0. The third-order valence-corrected chi connectivity index (χ3v) is 4.33. The van der Waals surface area contributed by atoms with Gasteiger partial charge in [0.25, 0.3) is 0 Å². The van der Waals surface area contributed by atoms with Crippen molar-refractivity contribution in [2.75, 3.05) is 6.61 Å². The Morgan fingerprint density at radius 3 is 2.28 bits per heavy atom. The van der Waals surface area contributed by atoms with Crippen molar-refractivity contribution in [3.05, 3.63) is 48.0 Å². The van der Waals surface area contributed by atoms with Gasteiger partial charge < -0.3 is 9.29 Å². The number of ether oxygens (including phenoxy) is 1. The van der Waals surface area contributed by atoms with Crippen LogP contribution in [-0.2, 0) is 14.9 Å². The van der Waals surface area contributed by atoms with E-state index >= 15 is 0 Å². The second kappa shape index (κ2) is 6.60. The number of hydrogen-bond donors (Lipinski definition) is 0. The molecular formula is C15H11F4O5S-. The standard InChI is InChI=1S/C15H12F4O5S/c16-14(17,15(18,19)25(21,22)23)8-9-24-13(20)12-7-3-5-10-4-1-2-6-11(10)12/h1-7H,8-9H2,(H,21,22,23)/p-1. The van der Waals surface area contributed by atoms with E-state index in [1.807, 2.05) is 0 Å². The molecule has 0 saturated heterocycles. The number of hydrogen-bond acceptors (Lipinski definition) is 5. The van der Waals surface area contributed by atoms with Crippen molar-refractivity contribution < 1.29 is 40.1 Å². The molecule has 2 rings (SSSR count). The maximum absolute atomic E-state index is 13.3. The van der Waals surface area contributed by atoms with Crippen molar-refractivity contribution in [3.8, 4) is 0 Å². The molecule has 0 saturated carbocycles. The van der Waals surface area contributed by atoms with E-state index in [9.17, 15) is 35.3 Å². The summed E-state index contributed by atoms with van der Waals surface area (Å²) in [5.74, 6) is -6.21. The van der Waals surface area contributed by atoms with Crippen LogP contribution >= 0.6 is 0 Å². The molecule has 136 valence electrons. The summed E-state index contributed by atoms with van der Waals surface area (Å²) in [5, 5.41) is -4.66. The van der Waals surface area contributed by atoms with Crippen LogP contribution in [-0.4, -0.2) is 36.7 Å². The van der Waals surface area contributed by atoms with Gasteiger partial charge >= 0.3 is 17.1 Å². The first kappa shape index (κ1) is 19.1. The van der Waals surface area contributed by atoms with Crippen LogP contribution in [0.5, 0.6) is 0 Å². The molecule has 0 spiro atoms. The Morgan fingerprint density at radius 1 is 1.04 bits per heavy atom. The average molecular weight is 379 g/mol. The van der Waals surface area contributed by atoms with Gasteiger partial charge in [0.05, 0.1) is 18.6 Å². The van der Waals surface area contributed by atoms with Crippen LogP contribution in [0.15, 0.2) is 42.5 Å². The Labute approximate surface area is 140 Å². The molecule has 0 radical (unpaired) electrons. The van der Waals surface area contributed by atoms with Crippen LogP contribution in [0.25, 0.3) is 10.8 Å². The second-order valence-electron chi connectivity index (χ2n) is 5.09. The Morgan fingerprint density at radius 2 is 1.64 bits per heavy atom. The Hall–Kier alpha value is -2.20. The van der Waals surface area contributed by atoms with E-state index in [-0.39, 0.29) is 5.56 Å². The van der Waals surface area contributed by atoms with Crippen LogP contribution < -0.4 is 0 Å². The molecule has 25 heavy (non-hydrogen) atoms. The highest BCUT2D eigenvalue weighted by Gasteiger charge is 2.61. The molecule has 0 heterocycles. The van der Waals surface area contributed by atoms with Gasteiger partial charge in [0.1, 0.15) is 0 Å². The Bertz CT molecular complexity index is 890. The van der Waals surface area contributed by atoms with E-state index in [4.69, 9.17) is 0 Å². The van der Waals surface area contributed by atoms with Crippen molar-refractivity contribution >= 4 is 26.9 Å². The SMILES string of the molecule is O=C(OCCC(F)(F)C(F)(F)S(=O)(=O)[O-])c1cccc2ccccc12. The predicted molar refractivity (Wildman–Crippen MR) is 78.4 cm³/mol. The number of carbonyl (C=O) groups is 1. The number of benzene rings is 2. The summed E-state index contributed by atoms with van der Waals surface area (Å²) < 4.78 is 87.9. The Kier molecular flexibility index (Phi) is 5.05. The van der Waals surface area contributed by atoms with E-state index in [1.165, 1.54) is 12.1 Å². The minimum atomic E-state index is -6.57. The van der Waals surface area contributed by atoms with Gasteiger partial charge in [-0.05, 0) is 16.8 Å². The van der Waals surface area contributed by atoms with Crippen molar-refractivity contribution in [1.29, 1.82) is 0 Å². The fourth-order valence-corrected chi connectivity index (χ4v) is 2.55. The van der Waals surface area contributed by atoms with Gasteiger partial charge in [-0.3, -0.25) is 0 Å². The molecule has 0 aliphatic carbocycles. The maximum Gasteiger partial charge on any atom is 0.396 e. The van der Waals surface area contributed by atoms with E-state index in [2.05, 4.69) is 4.74 Å². The number of esters is 1. The molecular weight excluding hydrogens is 368 g/mol. The lowest BCUT2D eigenvalue weighted by molar-refractivity contribution is -0.168. The van der Waals surface area contributed by atoms with Crippen LogP contribution in [0.2, 0.25) is 0 Å². The molecule has 10 heteroatoms. The first-order chi connectivity index (χ1) is 11.5.